The first-order chi connectivity index (χ1) is 8.10. The molecule has 1 saturated carbocycles. The van der Waals surface area contributed by atoms with Crippen molar-refractivity contribution >= 4 is 0 Å². The molecule has 1 heterocycles. The van der Waals surface area contributed by atoms with Crippen molar-refractivity contribution < 1.29 is 4.74 Å². The molecule has 0 spiro atoms. The van der Waals surface area contributed by atoms with Crippen molar-refractivity contribution in [3.05, 3.63) is 0 Å². The molecule has 0 aromatic heterocycles. The second-order valence-corrected chi connectivity index (χ2v) is 5.93. The molecule has 2 rings (SSSR count). The number of hydrogen-bond acceptors (Lipinski definition) is 3. The molecule has 96 valence electrons. The highest BCUT2D eigenvalue weighted by molar-refractivity contribution is 4.98. The van der Waals surface area contributed by atoms with Gasteiger partial charge in [0.1, 0.15) is 0 Å². The Bertz CT molecular complexity index is 289. The molecule has 2 aliphatic rings. The topological polar surface area (TPSA) is 36.3 Å². The average molecular weight is 236 g/mol. The molecule has 3 heteroatoms. The van der Waals surface area contributed by atoms with Gasteiger partial charge in [0.05, 0.1) is 24.2 Å². The SMILES string of the molecule is CC1CCC(C#N)C(N2C[C@@H](C)O[C@@H](C)C2)C1. The maximum atomic E-state index is 9.30. The van der Waals surface area contributed by atoms with E-state index in [-0.39, 0.29) is 5.92 Å². The number of rotatable bonds is 1. The summed E-state index contributed by atoms with van der Waals surface area (Å²) >= 11 is 0. The highest BCUT2D eigenvalue weighted by Gasteiger charge is 2.36. The molecule has 17 heavy (non-hydrogen) atoms. The van der Waals surface area contributed by atoms with Crippen LogP contribution in [0.3, 0.4) is 0 Å². The van der Waals surface area contributed by atoms with Crippen molar-refractivity contribution in [2.45, 2.75) is 58.3 Å². The maximum Gasteiger partial charge on any atom is 0.0678 e. The zero-order valence-corrected chi connectivity index (χ0v) is 11.2. The van der Waals surface area contributed by atoms with E-state index < -0.39 is 0 Å². The quantitative estimate of drug-likeness (QED) is 0.701. The highest BCUT2D eigenvalue weighted by atomic mass is 16.5. The van der Waals surface area contributed by atoms with Gasteiger partial charge in [-0.2, -0.15) is 5.26 Å². The van der Waals surface area contributed by atoms with Gasteiger partial charge in [-0.15, -0.1) is 0 Å². The molecule has 2 fully saturated rings. The lowest BCUT2D eigenvalue weighted by molar-refractivity contribution is -0.0904. The van der Waals surface area contributed by atoms with Gasteiger partial charge in [0, 0.05) is 19.1 Å². The minimum atomic E-state index is 0.226. The minimum absolute atomic E-state index is 0.226. The Morgan fingerprint density at radius 2 is 1.76 bits per heavy atom. The average Bonchev–Trinajstić information content (AvgIpc) is 2.27. The molecule has 0 radical (unpaired) electrons. The molecular formula is C14H24N2O. The van der Waals surface area contributed by atoms with Gasteiger partial charge in [-0.25, -0.2) is 0 Å². The third-order valence-corrected chi connectivity index (χ3v) is 4.16. The summed E-state index contributed by atoms with van der Waals surface area (Å²) < 4.78 is 5.78. The number of nitriles is 1. The van der Waals surface area contributed by atoms with Crippen molar-refractivity contribution in [1.82, 2.24) is 4.90 Å². The lowest BCUT2D eigenvalue weighted by Gasteiger charge is -2.44. The van der Waals surface area contributed by atoms with E-state index in [4.69, 9.17) is 4.74 Å². The Morgan fingerprint density at radius 1 is 1.12 bits per heavy atom. The van der Waals surface area contributed by atoms with Gasteiger partial charge in [0.15, 0.2) is 0 Å². The zero-order valence-electron chi connectivity index (χ0n) is 11.2. The van der Waals surface area contributed by atoms with Crippen LogP contribution in [0.25, 0.3) is 0 Å². The van der Waals surface area contributed by atoms with Gasteiger partial charge < -0.3 is 4.74 Å². The summed E-state index contributed by atoms with van der Waals surface area (Å²) in [5, 5.41) is 9.30. The van der Waals surface area contributed by atoms with Crippen LogP contribution in [0.15, 0.2) is 0 Å². The molecule has 1 aliphatic heterocycles. The van der Waals surface area contributed by atoms with E-state index in [2.05, 4.69) is 31.7 Å². The Balaban J connectivity index is 2.05. The predicted molar refractivity (Wildman–Crippen MR) is 67.5 cm³/mol. The number of morpholine rings is 1. The van der Waals surface area contributed by atoms with E-state index in [9.17, 15) is 5.26 Å². The van der Waals surface area contributed by atoms with Crippen molar-refractivity contribution in [2.24, 2.45) is 11.8 Å². The molecule has 0 aromatic rings. The zero-order chi connectivity index (χ0) is 12.4. The number of hydrogen-bond donors (Lipinski definition) is 0. The Kier molecular flexibility index (Phi) is 4.06. The highest BCUT2D eigenvalue weighted by Crippen LogP contribution is 2.33. The van der Waals surface area contributed by atoms with Crippen LogP contribution >= 0.6 is 0 Å². The van der Waals surface area contributed by atoms with E-state index in [1.54, 1.807) is 0 Å². The first kappa shape index (κ1) is 12.9. The number of ether oxygens (including phenoxy) is 1. The largest absolute Gasteiger partial charge is 0.373 e. The molecule has 5 atom stereocenters. The van der Waals surface area contributed by atoms with Crippen LogP contribution < -0.4 is 0 Å². The van der Waals surface area contributed by atoms with Crippen LogP contribution in [-0.4, -0.2) is 36.2 Å². The smallest absolute Gasteiger partial charge is 0.0678 e. The second-order valence-electron chi connectivity index (χ2n) is 5.93. The van der Waals surface area contributed by atoms with Gasteiger partial charge in [-0.05, 0) is 39.0 Å². The van der Waals surface area contributed by atoms with Crippen LogP contribution in [0.5, 0.6) is 0 Å². The second kappa shape index (κ2) is 5.37. The van der Waals surface area contributed by atoms with Gasteiger partial charge in [-0.3, -0.25) is 4.90 Å². The molecule has 0 amide bonds. The minimum Gasteiger partial charge on any atom is -0.373 e. The first-order valence-corrected chi connectivity index (χ1v) is 6.89. The molecule has 0 N–H and O–H groups in total. The maximum absolute atomic E-state index is 9.30. The van der Waals surface area contributed by atoms with Crippen LogP contribution in [-0.2, 0) is 4.74 Å². The lowest BCUT2D eigenvalue weighted by atomic mass is 9.78. The fourth-order valence-electron chi connectivity index (χ4n) is 3.39. The van der Waals surface area contributed by atoms with Crippen LogP contribution in [0.4, 0.5) is 0 Å². The van der Waals surface area contributed by atoms with E-state index in [0.29, 0.717) is 18.2 Å². The van der Waals surface area contributed by atoms with Gasteiger partial charge in [0.25, 0.3) is 0 Å². The van der Waals surface area contributed by atoms with Crippen LogP contribution in [0.1, 0.15) is 40.0 Å². The molecule has 0 aromatic carbocycles. The van der Waals surface area contributed by atoms with Gasteiger partial charge in [0.2, 0.25) is 0 Å². The Morgan fingerprint density at radius 3 is 2.35 bits per heavy atom. The summed E-state index contributed by atoms with van der Waals surface area (Å²) in [6.07, 6.45) is 4.07. The molecule has 1 saturated heterocycles. The van der Waals surface area contributed by atoms with Gasteiger partial charge >= 0.3 is 0 Å². The van der Waals surface area contributed by atoms with Crippen LogP contribution in [0, 0.1) is 23.2 Å². The van der Waals surface area contributed by atoms with E-state index in [0.717, 1.165) is 25.4 Å². The van der Waals surface area contributed by atoms with E-state index in [1.807, 2.05) is 0 Å². The van der Waals surface area contributed by atoms with Crippen molar-refractivity contribution in [3.8, 4) is 6.07 Å². The fraction of sp³-hybridized carbons (Fsp3) is 0.929. The Labute approximate surface area is 105 Å². The molecule has 3 nitrogen and oxygen atoms in total. The van der Waals surface area contributed by atoms with E-state index in [1.165, 1.54) is 12.8 Å². The fourth-order valence-corrected chi connectivity index (χ4v) is 3.39. The normalized spacial score (nSPS) is 44.2. The summed E-state index contributed by atoms with van der Waals surface area (Å²) in [4.78, 5) is 2.50. The lowest BCUT2D eigenvalue weighted by Crippen LogP contribution is -2.53. The summed E-state index contributed by atoms with van der Waals surface area (Å²) in [6.45, 7) is 8.56. The predicted octanol–water partition coefficient (Wildman–Crippen LogP) is 2.42. The summed E-state index contributed by atoms with van der Waals surface area (Å²) in [5.74, 6) is 0.988. The standard InChI is InChI=1S/C14H24N2O/c1-10-4-5-13(7-15)14(6-10)16-8-11(2)17-12(3)9-16/h10-14H,4-6,8-9H2,1-3H3/t10?,11-,12+,13?,14?. The third-order valence-electron chi connectivity index (χ3n) is 4.16. The summed E-state index contributed by atoms with van der Waals surface area (Å²) in [7, 11) is 0. The van der Waals surface area contributed by atoms with E-state index >= 15 is 0 Å². The molecular weight excluding hydrogens is 212 g/mol. The monoisotopic (exact) mass is 236 g/mol. The van der Waals surface area contributed by atoms with Crippen molar-refractivity contribution in [2.75, 3.05) is 13.1 Å². The van der Waals surface area contributed by atoms with Crippen molar-refractivity contribution in [1.29, 1.82) is 5.26 Å². The summed E-state index contributed by atoms with van der Waals surface area (Å²) in [5.41, 5.74) is 0. The summed E-state index contributed by atoms with van der Waals surface area (Å²) in [6, 6.07) is 2.98. The molecule has 0 bridgehead atoms. The van der Waals surface area contributed by atoms with Gasteiger partial charge in [-0.1, -0.05) is 6.92 Å². The van der Waals surface area contributed by atoms with Crippen LogP contribution in [0.2, 0.25) is 0 Å². The molecule has 1 aliphatic carbocycles. The number of nitrogens with zero attached hydrogens (tertiary/aromatic N) is 2. The third kappa shape index (κ3) is 3.00. The van der Waals surface area contributed by atoms with Crippen molar-refractivity contribution in [3.63, 3.8) is 0 Å². The first-order valence-electron chi connectivity index (χ1n) is 6.89. The molecule has 3 unspecified atom stereocenters. The Hall–Kier alpha value is -0.590.